The van der Waals surface area contributed by atoms with Crippen LogP contribution in [0.2, 0.25) is 0 Å². The van der Waals surface area contributed by atoms with Gasteiger partial charge in [0.15, 0.2) is 5.92 Å². The molecule has 0 spiro atoms. The van der Waals surface area contributed by atoms with E-state index in [0.29, 0.717) is 10.2 Å². The molecule has 1 aromatic carbocycles. The van der Waals surface area contributed by atoms with E-state index in [9.17, 15) is 13.2 Å². The molecule has 1 rings (SSSR count). The molecule has 0 aliphatic heterocycles. The minimum Gasteiger partial charge on any atom is -0.382 e. The molecular weight excluding hydrogens is 412 g/mol. The van der Waals surface area contributed by atoms with Gasteiger partial charge in [0, 0.05) is 20.3 Å². The zero-order valence-corrected chi connectivity index (χ0v) is 12.1. The Bertz CT molecular complexity index is 442. The Morgan fingerprint density at radius 1 is 1.47 bits per heavy atom. The van der Waals surface area contributed by atoms with Crippen LogP contribution in [0, 0.1) is 20.8 Å². The first-order valence-corrected chi connectivity index (χ1v) is 6.37. The average molecular weight is 419 g/mol. The minimum absolute atomic E-state index is 0.459. The number of alkyl halides is 3. The fraction of sp³-hybridized carbons (Fsp3) is 0.300. The summed E-state index contributed by atoms with van der Waals surface area (Å²) in [6.07, 6.45) is -4.50. The zero-order valence-electron chi connectivity index (χ0n) is 8.35. The van der Waals surface area contributed by atoms with Gasteiger partial charge in [0.1, 0.15) is 0 Å². The lowest BCUT2D eigenvalue weighted by Gasteiger charge is -2.15. The molecule has 17 heavy (non-hydrogen) atoms. The van der Waals surface area contributed by atoms with Crippen molar-refractivity contribution in [1.82, 2.24) is 0 Å². The molecule has 1 N–H and O–H groups in total. The van der Waals surface area contributed by atoms with Gasteiger partial charge < -0.3 is 5.32 Å². The predicted molar refractivity (Wildman–Crippen MR) is 70.5 cm³/mol. The Labute approximate surface area is 118 Å². The molecule has 0 saturated heterocycles. The van der Waals surface area contributed by atoms with Crippen LogP contribution >= 0.6 is 38.5 Å². The second-order valence-electron chi connectivity index (χ2n) is 3.23. The third-order valence-electron chi connectivity index (χ3n) is 1.98. The molecule has 1 unspecified atom stereocenters. The van der Waals surface area contributed by atoms with Crippen LogP contribution in [0.4, 0.5) is 18.9 Å². The summed E-state index contributed by atoms with van der Waals surface area (Å²) >= 11 is 5.33. The maximum atomic E-state index is 12.3. The molecule has 0 amide bonds. The first-order chi connectivity index (χ1) is 7.84. The Morgan fingerprint density at radius 3 is 2.59 bits per heavy atom. The molecule has 0 bridgehead atoms. The molecule has 7 heteroatoms. The van der Waals surface area contributed by atoms with E-state index < -0.39 is 18.6 Å². The van der Waals surface area contributed by atoms with Gasteiger partial charge in [-0.15, -0.1) is 0 Å². The number of anilines is 1. The maximum Gasteiger partial charge on any atom is 0.406 e. The van der Waals surface area contributed by atoms with Gasteiger partial charge in [0.25, 0.3) is 0 Å². The summed E-state index contributed by atoms with van der Waals surface area (Å²) in [5, 5.41) is 11.0. The van der Waals surface area contributed by atoms with Crippen LogP contribution < -0.4 is 5.32 Å². The Hall–Kier alpha value is -0.490. The Kier molecular flexibility index (Phi) is 5.06. The average Bonchev–Trinajstić information content (AvgIpc) is 2.19. The third-order valence-corrected chi connectivity index (χ3v) is 3.31. The van der Waals surface area contributed by atoms with E-state index in [2.05, 4.69) is 43.8 Å². The fourth-order valence-corrected chi connectivity index (χ4v) is 2.52. The topological polar surface area (TPSA) is 35.8 Å². The van der Waals surface area contributed by atoms with Gasteiger partial charge in [-0.3, -0.25) is 0 Å². The summed E-state index contributed by atoms with van der Waals surface area (Å²) in [7, 11) is 0. The molecule has 92 valence electrons. The lowest BCUT2D eigenvalue weighted by molar-refractivity contribution is -0.155. The number of halogens is 5. The van der Waals surface area contributed by atoms with Crippen molar-refractivity contribution in [1.29, 1.82) is 5.26 Å². The SMILES string of the molecule is N#CC(CNc1ccc(I)cc1Br)C(F)(F)F. The monoisotopic (exact) mass is 418 g/mol. The molecule has 0 aliphatic carbocycles. The summed E-state index contributed by atoms with van der Waals surface area (Å²) in [6.45, 7) is -0.459. The highest BCUT2D eigenvalue weighted by molar-refractivity contribution is 14.1. The van der Waals surface area contributed by atoms with Gasteiger partial charge in [-0.2, -0.15) is 18.4 Å². The standard InChI is InChI=1S/C10H7BrF3IN2/c11-8-3-7(15)1-2-9(8)17-5-6(4-16)10(12,13)14/h1-3,6,17H,5H2. The number of nitrogens with zero attached hydrogens (tertiary/aromatic N) is 1. The van der Waals surface area contributed by atoms with Crippen LogP contribution in [-0.4, -0.2) is 12.7 Å². The first-order valence-electron chi connectivity index (χ1n) is 4.50. The highest BCUT2D eigenvalue weighted by Crippen LogP contribution is 2.28. The molecule has 0 fully saturated rings. The summed E-state index contributed by atoms with van der Waals surface area (Å²) < 4.78 is 38.6. The Balaban J connectivity index is 2.71. The van der Waals surface area contributed by atoms with Crippen LogP contribution in [0.25, 0.3) is 0 Å². The third kappa shape index (κ3) is 4.35. The van der Waals surface area contributed by atoms with Crippen molar-refractivity contribution in [2.45, 2.75) is 6.18 Å². The van der Waals surface area contributed by atoms with Gasteiger partial charge in [-0.1, -0.05) is 0 Å². The number of nitrogens with one attached hydrogen (secondary N) is 1. The zero-order chi connectivity index (χ0) is 13.1. The quantitative estimate of drug-likeness (QED) is 0.748. The van der Waals surface area contributed by atoms with Gasteiger partial charge >= 0.3 is 6.18 Å². The van der Waals surface area contributed by atoms with Gasteiger partial charge in [-0.25, -0.2) is 0 Å². The van der Waals surface area contributed by atoms with Crippen molar-refractivity contribution < 1.29 is 13.2 Å². The van der Waals surface area contributed by atoms with Crippen molar-refractivity contribution in [2.24, 2.45) is 5.92 Å². The number of hydrogen-bond acceptors (Lipinski definition) is 2. The minimum atomic E-state index is -4.50. The molecule has 0 heterocycles. The first kappa shape index (κ1) is 14.6. The van der Waals surface area contributed by atoms with Crippen LogP contribution in [-0.2, 0) is 0 Å². The number of hydrogen-bond donors (Lipinski definition) is 1. The molecule has 0 aromatic heterocycles. The maximum absolute atomic E-state index is 12.3. The molecule has 1 atom stereocenters. The van der Waals surface area contributed by atoms with E-state index >= 15 is 0 Å². The van der Waals surface area contributed by atoms with Crippen molar-refractivity contribution in [2.75, 3.05) is 11.9 Å². The van der Waals surface area contributed by atoms with Gasteiger partial charge in [-0.05, 0) is 56.7 Å². The summed E-state index contributed by atoms with van der Waals surface area (Å²) in [5.74, 6) is -2.01. The van der Waals surface area contributed by atoms with Crippen LogP contribution in [0.3, 0.4) is 0 Å². The molecule has 0 radical (unpaired) electrons. The van der Waals surface area contributed by atoms with Gasteiger partial charge in [0.2, 0.25) is 0 Å². The molecule has 1 aromatic rings. The van der Waals surface area contributed by atoms with Crippen molar-refractivity contribution in [3.8, 4) is 6.07 Å². The molecule has 0 aliphatic rings. The lowest BCUT2D eigenvalue weighted by atomic mass is 10.1. The normalized spacial score (nSPS) is 12.9. The van der Waals surface area contributed by atoms with Crippen molar-refractivity contribution in [3.63, 3.8) is 0 Å². The van der Waals surface area contributed by atoms with Crippen molar-refractivity contribution >= 4 is 44.2 Å². The summed E-state index contributed by atoms with van der Waals surface area (Å²) in [4.78, 5) is 0. The van der Waals surface area contributed by atoms with E-state index in [-0.39, 0.29) is 0 Å². The largest absolute Gasteiger partial charge is 0.406 e. The molecule has 0 saturated carbocycles. The number of nitriles is 1. The number of rotatable bonds is 3. The van der Waals surface area contributed by atoms with E-state index in [1.165, 1.54) is 6.07 Å². The van der Waals surface area contributed by atoms with E-state index in [1.807, 2.05) is 0 Å². The van der Waals surface area contributed by atoms with Crippen LogP contribution in [0.5, 0.6) is 0 Å². The second-order valence-corrected chi connectivity index (χ2v) is 5.33. The van der Waals surface area contributed by atoms with E-state index in [4.69, 9.17) is 5.26 Å². The summed E-state index contributed by atoms with van der Waals surface area (Å²) in [5.41, 5.74) is 0.537. The van der Waals surface area contributed by atoms with E-state index in [1.54, 1.807) is 18.2 Å². The second kappa shape index (κ2) is 5.91. The highest BCUT2D eigenvalue weighted by atomic mass is 127. The van der Waals surface area contributed by atoms with Crippen molar-refractivity contribution in [3.05, 3.63) is 26.2 Å². The molecule has 2 nitrogen and oxygen atoms in total. The Morgan fingerprint density at radius 2 is 2.12 bits per heavy atom. The summed E-state index contributed by atoms with van der Waals surface area (Å²) in [6, 6.07) is 6.44. The molecular formula is C10H7BrF3IN2. The van der Waals surface area contributed by atoms with Gasteiger partial charge in [0.05, 0.1) is 6.07 Å². The number of benzene rings is 1. The van der Waals surface area contributed by atoms with Crippen LogP contribution in [0.1, 0.15) is 0 Å². The fourth-order valence-electron chi connectivity index (χ4n) is 1.08. The smallest absolute Gasteiger partial charge is 0.382 e. The predicted octanol–water partition coefficient (Wildman–Crippen LogP) is 4.17. The van der Waals surface area contributed by atoms with Crippen LogP contribution in [0.15, 0.2) is 22.7 Å². The highest BCUT2D eigenvalue weighted by Gasteiger charge is 2.39. The lowest BCUT2D eigenvalue weighted by Crippen LogP contribution is -2.28. The van der Waals surface area contributed by atoms with E-state index in [0.717, 1.165) is 3.57 Å².